The molecule has 22 unspecified atom stereocenters. The minimum atomic E-state index is -2.52. The van der Waals surface area contributed by atoms with Gasteiger partial charge in [0.2, 0.25) is 0 Å². The Morgan fingerprint density at radius 1 is 0.252 bits per heavy atom. The summed E-state index contributed by atoms with van der Waals surface area (Å²) in [5.41, 5.74) is 0. The molecular weight excluding hydrogens is 1680 g/mol. The fourth-order valence-electron chi connectivity index (χ4n) is 17.0. The van der Waals surface area contributed by atoms with Gasteiger partial charge in [0, 0.05) is 48.6 Å². The van der Waals surface area contributed by atoms with E-state index in [2.05, 4.69) is 0 Å². The number of rotatable bonds is 35. The Kier molecular flexibility index (Phi) is 36.4. The predicted octanol–water partition coefficient (Wildman–Crippen LogP) is -17.0. The van der Waals surface area contributed by atoms with Crippen LogP contribution in [-0.4, -0.2) is 548 Å². The van der Waals surface area contributed by atoms with Gasteiger partial charge < -0.3 is 251 Å². The largest absolute Gasteiger partial charge is 0.479 e. The highest BCUT2D eigenvalue weighted by Gasteiger charge is 2.63. The van der Waals surface area contributed by atoms with Crippen LogP contribution in [0.5, 0.6) is 0 Å². The minimum absolute atomic E-state index is 0.227. The Labute approximate surface area is 700 Å². The number of hydrogen-bond acceptors (Lipinski definition) is 51. The molecular formula is C71H120O52. The molecule has 11 fully saturated rings. The van der Waals surface area contributed by atoms with E-state index in [1.54, 1.807) is 0 Å². The van der Waals surface area contributed by atoms with E-state index in [-0.39, 0.29) is 19.6 Å². The number of aliphatic carboxylic acids is 1. The number of carbonyl (C=O) groups is 1. The second kappa shape index (κ2) is 44.3. The van der Waals surface area contributed by atoms with Gasteiger partial charge in [0.25, 0.3) is 0 Å². The molecule has 0 spiro atoms. The first kappa shape index (κ1) is 101. The first-order valence-corrected chi connectivity index (χ1v) is 39.9. The van der Waals surface area contributed by atoms with E-state index in [0.717, 1.165) is 7.11 Å². The molecule has 0 radical (unpaired) electrons. The molecule has 0 amide bonds. The van der Waals surface area contributed by atoms with Gasteiger partial charge in [-0.3, -0.25) is 0 Å². The van der Waals surface area contributed by atoms with Crippen LogP contribution in [0, 0.1) is 5.92 Å². The summed E-state index contributed by atoms with van der Waals surface area (Å²) in [6, 6.07) is 0. The summed E-state index contributed by atoms with van der Waals surface area (Å²) < 4.78 is 152. The third kappa shape index (κ3) is 21.4. The Morgan fingerprint density at radius 3 is 0.984 bits per heavy atom. The van der Waals surface area contributed by atoms with Crippen molar-refractivity contribution in [2.45, 2.75) is 340 Å². The van der Waals surface area contributed by atoms with Gasteiger partial charge in [-0.25, -0.2) is 4.79 Å². The van der Waals surface area contributed by atoms with Crippen LogP contribution in [0.25, 0.3) is 0 Å². The number of ether oxygens (including phenoxy) is 26. The average molecular weight is 1810 g/mol. The van der Waals surface area contributed by atoms with Crippen LogP contribution in [0.15, 0.2) is 0 Å². The molecule has 52 heteroatoms. The van der Waals surface area contributed by atoms with Crippen molar-refractivity contribution in [2.75, 3.05) is 95.5 Å². The number of carboxylic acids is 1. The number of hydrogen-bond donors (Lipinski definition) is 25. The van der Waals surface area contributed by atoms with Crippen LogP contribution in [0.2, 0.25) is 0 Å². The van der Waals surface area contributed by atoms with Crippen molar-refractivity contribution >= 4 is 5.97 Å². The maximum atomic E-state index is 13.2. The van der Waals surface area contributed by atoms with Gasteiger partial charge in [0.05, 0.1) is 77.3 Å². The summed E-state index contributed by atoms with van der Waals surface area (Å²) in [6.45, 7) is -2.68. The van der Waals surface area contributed by atoms with E-state index in [1.165, 1.54) is 49.4 Å². The number of methoxy groups -OCH3 is 6. The van der Waals surface area contributed by atoms with Crippen LogP contribution in [0.1, 0.15) is 20.3 Å². The summed E-state index contributed by atoms with van der Waals surface area (Å²) in [4.78, 5) is 13.2. The lowest BCUT2D eigenvalue weighted by Crippen LogP contribution is -2.69. The van der Waals surface area contributed by atoms with Crippen molar-refractivity contribution < 1.29 is 256 Å². The summed E-state index contributed by atoms with van der Waals surface area (Å²) in [6.07, 6.45) is -99.9. The van der Waals surface area contributed by atoms with Crippen LogP contribution in [0.4, 0.5) is 0 Å². The first-order chi connectivity index (χ1) is 58.5. The summed E-state index contributed by atoms with van der Waals surface area (Å²) in [7, 11) is 7.35. The van der Waals surface area contributed by atoms with E-state index < -0.39 is 371 Å². The lowest BCUT2D eigenvalue weighted by atomic mass is 9.80. The van der Waals surface area contributed by atoms with Crippen molar-refractivity contribution in [1.82, 2.24) is 0 Å². The van der Waals surface area contributed by atoms with Gasteiger partial charge >= 0.3 is 5.97 Å². The van der Waals surface area contributed by atoms with E-state index >= 15 is 0 Å². The molecule has 10 aliphatic heterocycles. The molecule has 11 aliphatic rings. The number of carboxylic acid groups (broad SMARTS) is 1. The van der Waals surface area contributed by atoms with E-state index in [0.29, 0.717) is 0 Å². The molecule has 123 heavy (non-hydrogen) atoms. The van der Waals surface area contributed by atoms with E-state index in [9.17, 15) is 132 Å². The zero-order valence-corrected chi connectivity index (χ0v) is 67.7. The smallest absolute Gasteiger partial charge is 0.335 e. The molecule has 10 heterocycles. The van der Waals surface area contributed by atoms with Crippen molar-refractivity contribution in [3.05, 3.63) is 0 Å². The highest BCUT2D eigenvalue weighted by molar-refractivity contribution is 5.73. The molecule has 0 bridgehead atoms. The lowest BCUT2D eigenvalue weighted by Gasteiger charge is -2.51. The van der Waals surface area contributed by atoms with Gasteiger partial charge in [-0.15, -0.1) is 0 Å². The highest BCUT2D eigenvalue weighted by atomic mass is 16.8. The van der Waals surface area contributed by atoms with Crippen molar-refractivity contribution in [3.8, 4) is 0 Å². The predicted molar refractivity (Wildman–Crippen MR) is 380 cm³/mol. The van der Waals surface area contributed by atoms with Gasteiger partial charge in [-0.2, -0.15) is 0 Å². The molecule has 1 aliphatic carbocycles. The normalized spacial score (nSPS) is 52.0. The van der Waals surface area contributed by atoms with Crippen molar-refractivity contribution in [1.29, 1.82) is 0 Å². The Bertz CT molecular complexity index is 3170. The second-order valence-corrected chi connectivity index (χ2v) is 31.8. The maximum Gasteiger partial charge on any atom is 0.335 e. The van der Waals surface area contributed by atoms with Crippen molar-refractivity contribution in [3.63, 3.8) is 0 Å². The summed E-state index contributed by atoms with van der Waals surface area (Å²) in [5, 5.41) is 283. The SMILES string of the molecule is COC[C@@H]1C[C@H](O[C@@H]2C(O)C(O)[C@@H](OC)O[C@H]2COC)C(O)C(O)[C@H]1O[C@@H]1OC(C)[C@H](O[C@H]2O[C@H](CO)[C@H](OC3O[C@H](CO)C(OC)C3O)C2O)[C@H](O)C1O[C@H]1O[C@@H](COC)[C@H](O[C@@H]2OC(C)[C@H](O[C@@H]3OC(CO)[C@H](O[C@@H]4OC(CO)[C@H](O)[C@H](O)C4O)[C@H](O)C3O)[C@H](O)C2O[C@H]2O[C@@H](C(=O)O)[C@H](O[C@H]3O[C@@H](COC)[C@H](O)C(O)C3O)C(O)C2O)C(O)C1O. The summed E-state index contributed by atoms with van der Waals surface area (Å²) >= 11 is 0. The average Bonchev–Trinajstić information content (AvgIpc) is 0.911. The molecule has 53 atom stereocenters. The zero-order chi connectivity index (χ0) is 89.9. The Balaban J connectivity index is 0.880. The van der Waals surface area contributed by atoms with Crippen LogP contribution >= 0.6 is 0 Å². The second-order valence-electron chi connectivity index (χ2n) is 31.8. The lowest BCUT2D eigenvalue weighted by molar-refractivity contribution is -0.411. The third-order valence-corrected chi connectivity index (χ3v) is 23.8. The standard InChI is InChI=1S/C71H120O52/c1-18-49(114-65-42(89)36(83)53(24(12-74)109-65)117-63-39(86)32(79)30(77)22(10-72)107-63)45(92)59(122-67-44(91)38(85)57(60(123-67)61(96)97)120-64-40(87)33(80)31(78)26(111-64)15-99-4)71(105-18)119-56-28(17-101-6)113-66(43(90)37(56)84)121-58-46(93)50(115-69-48(95)54(25(13-75)110-69)118-68-47(94)52(102-7)23(11-73)108-68)19(2)104-70(58)116-51-20(14-98-3)9-21(29(76)34(51)81)106-55-27(16-100-5)112-62(103-8)41(88)35(55)82/h18-60,62-95H,9-17H2,1-8H3,(H,96,97)/t18?,19?,20-,21-,22?,23+,24?,25+,26-,27-,28-,29?,30-,31-,32-,33?,34?,35?,36+,37?,38?,39?,40?,41?,42?,43?,44?,45-,46-,47?,48?,49-,50-,51-,52?,53-,54-,55-,56-,57+,58?,59?,60+,62-,63-,64+,65-,66+,67-,68?,69+,70-,71-/m0/s1. The summed E-state index contributed by atoms with van der Waals surface area (Å²) in [5.74, 6) is -3.03. The number of aliphatic hydroxyl groups excluding tert-OH is 24. The first-order valence-electron chi connectivity index (χ1n) is 39.9. The molecule has 0 aromatic carbocycles. The molecule has 716 valence electrons. The molecule has 25 N–H and O–H groups in total. The van der Waals surface area contributed by atoms with Gasteiger partial charge in [0.15, 0.2) is 69.0 Å². The molecule has 0 aromatic rings. The van der Waals surface area contributed by atoms with Crippen LogP contribution < -0.4 is 0 Å². The number of aliphatic hydroxyl groups is 24. The fourth-order valence-corrected chi connectivity index (χ4v) is 17.0. The van der Waals surface area contributed by atoms with Crippen molar-refractivity contribution in [2.24, 2.45) is 5.92 Å². The molecule has 52 nitrogen and oxygen atoms in total. The molecule has 10 saturated heterocycles. The third-order valence-electron chi connectivity index (χ3n) is 23.8. The fraction of sp³-hybridized carbons (Fsp3) is 0.986. The Morgan fingerprint density at radius 2 is 0.553 bits per heavy atom. The molecule has 11 rings (SSSR count). The molecule has 1 saturated carbocycles. The van der Waals surface area contributed by atoms with Gasteiger partial charge in [-0.05, 0) is 20.3 Å². The molecule has 0 aromatic heterocycles. The Hall–Kier alpha value is -2.53. The monoisotopic (exact) mass is 1800 g/mol. The zero-order valence-electron chi connectivity index (χ0n) is 67.7. The van der Waals surface area contributed by atoms with Gasteiger partial charge in [0.1, 0.15) is 226 Å². The highest BCUT2D eigenvalue weighted by Crippen LogP contribution is 2.44. The van der Waals surface area contributed by atoms with E-state index in [1.807, 2.05) is 0 Å². The van der Waals surface area contributed by atoms with E-state index in [4.69, 9.17) is 123 Å². The van der Waals surface area contributed by atoms with Gasteiger partial charge in [-0.1, -0.05) is 0 Å². The quantitative estimate of drug-likeness (QED) is 0.0280. The minimum Gasteiger partial charge on any atom is -0.479 e. The topological polar surface area (TPSA) is 763 Å². The van der Waals surface area contributed by atoms with Crippen LogP contribution in [0.3, 0.4) is 0 Å². The maximum absolute atomic E-state index is 13.2. The van der Waals surface area contributed by atoms with Crippen LogP contribution in [-0.2, 0) is 128 Å².